The maximum Gasteiger partial charge on any atom is 0.242 e. The third kappa shape index (κ3) is 7.43. The van der Waals surface area contributed by atoms with E-state index in [1.54, 1.807) is 31.2 Å². The fraction of sp³-hybridized carbons (Fsp3) is 0.462. The molecule has 0 heterocycles. The molecule has 0 aromatic heterocycles. The van der Waals surface area contributed by atoms with Gasteiger partial charge in [-0.1, -0.05) is 54.8 Å². The molecule has 36 heavy (non-hydrogen) atoms. The lowest BCUT2D eigenvalue weighted by Crippen LogP contribution is -2.49. The molecule has 3 rings (SSSR count). The number of carbonyl (C=O) groups is 2. The Balaban J connectivity index is 1.73. The Labute approximate surface area is 217 Å². The molecule has 1 N–H and O–H groups in total. The van der Waals surface area contributed by atoms with E-state index in [9.17, 15) is 22.4 Å². The van der Waals surface area contributed by atoms with Crippen molar-refractivity contribution in [3.8, 4) is 0 Å². The van der Waals surface area contributed by atoms with E-state index < -0.39 is 21.9 Å². The van der Waals surface area contributed by atoms with Crippen molar-refractivity contribution in [2.45, 2.75) is 64.1 Å². The molecule has 1 unspecified atom stereocenters. The molecule has 1 aliphatic rings. The Hall–Kier alpha value is -2.65. The summed E-state index contributed by atoms with van der Waals surface area (Å²) in [5, 5.41) is 3.53. The molecule has 2 aromatic rings. The fourth-order valence-electron chi connectivity index (χ4n) is 4.42. The molecule has 0 bridgehead atoms. The van der Waals surface area contributed by atoms with Crippen LogP contribution in [0, 0.1) is 5.82 Å². The van der Waals surface area contributed by atoms with Crippen molar-refractivity contribution in [2.24, 2.45) is 0 Å². The van der Waals surface area contributed by atoms with Crippen LogP contribution in [0.15, 0.2) is 48.5 Å². The maximum absolute atomic E-state index is 14.3. The quantitative estimate of drug-likeness (QED) is 0.457. The SMILES string of the molecule is CC(C(=O)NC1CCCC1)N(Cc1ccccc1Cl)C(=O)CCCN(c1ccccc1F)S(C)(=O)=O. The van der Waals surface area contributed by atoms with Crippen molar-refractivity contribution in [2.75, 3.05) is 17.1 Å². The predicted molar refractivity (Wildman–Crippen MR) is 140 cm³/mol. The molecule has 1 aliphatic carbocycles. The zero-order valence-electron chi connectivity index (χ0n) is 20.6. The zero-order valence-corrected chi connectivity index (χ0v) is 22.2. The number of benzene rings is 2. The standard InChI is InChI=1S/C26H33ClFN3O4S/c1-19(26(33)29-21-11-4-5-12-21)30(18-20-10-3-6-13-22(20)27)25(32)16-9-17-31(36(2,34)35)24-15-8-7-14-23(24)28/h3,6-8,10,13-15,19,21H,4-5,9,11-12,16-18H2,1-2H3,(H,29,33). The normalized spacial score (nSPS) is 14.9. The van der Waals surface area contributed by atoms with Crippen molar-refractivity contribution in [3.63, 3.8) is 0 Å². The van der Waals surface area contributed by atoms with Gasteiger partial charge in [-0.15, -0.1) is 0 Å². The molecule has 1 saturated carbocycles. The van der Waals surface area contributed by atoms with Crippen LogP contribution in [0.3, 0.4) is 0 Å². The van der Waals surface area contributed by atoms with Gasteiger partial charge in [0.25, 0.3) is 0 Å². The van der Waals surface area contributed by atoms with Crippen molar-refractivity contribution in [1.29, 1.82) is 0 Å². The lowest BCUT2D eigenvalue weighted by Gasteiger charge is -2.30. The molecule has 0 saturated heterocycles. The van der Waals surface area contributed by atoms with E-state index in [-0.39, 0.29) is 49.5 Å². The second-order valence-corrected chi connectivity index (χ2v) is 11.5. The Kier molecular flexibility index (Phi) is 9.73. The smallest absolute Gasteiger partial charge is 0.242 e. The zero-order chi connectivity index (χ0) is 26.3. The highest BCUT2D eigenvalue weighted by Crippen LogP contribution is 2.24. The largest absolute Gasteiger partial charge is 0.352 e. The molecule has 1 fully saturated rings. The van der Waals surface area contributed by atoms with Gasteiger partial charge in [-0.25, -0.2) is 12.8 Å². The van der Waals surface area contributed by atoms with E-state index in [4.69, 9.17) is 11.6 Å². The molecule has 0 radical (unpaired) electrons. The number of hydrogen-bond acceptors (Lipinski definition) is 4. The highest BCUT2D eigenvalue weighted by Gasteiger charge is 2.29. The van der Waals surface area contributed by atoms with Crippen molar-refractivity contribution < 1.29 is 22.4 Å². The summed E-state index contributed by atoms with van der Waals surface area (Å²) < 4.78 is 39.9. The Morgan fingerprint density at radius 3 is 2.39 bits per heavy atom. The second-order valence-electron chi connectivity index (χ2n) is 9.17. The lowest BCUT2D eigenvalue weighted by atomic mass is 10.1. The molecule has 0 aliphatic heterocycles. The van der Waals surface area contributed by atoms with Crippen molar-refractivity contribution in [1.82, 2.24) is 10.2 Å². The number of sulfonamides is 1. The Morgan fingerprint density at radius 2 is 1.75 bits per heavy atom. The average molecular weight is 538 g/mol. The number of anilines is 1. The first-order chi connectivity index (χ1) is 17.1. The van der Waals surface area contributed by atoms with Crippen LogP contribution in [0.4, 0.5) is 10.1 Å². The molecule has 2 amide bonds. The monoisotopic (exact) mass is 537 g/mol. The highest BCUT2D eigenvalue weighted by atomic mass is 35.5. The Bertz CT molecular complexity index is 1170. The summed E-state index contributed by atoms with van der Waals surface area (Å²) >= 11 is 6.33. The third-order valence-electron chi connectivity index (χ3n) is 6.44. The number of rotatable bonds is 11. The Morgan fingerprint density at radius 1 is 1.11 bits per heavy atom. The minimum absolute atomic E-state index is 0.0219. The minimum Gasteiger partial charge on any atom is -0.352 e. The first-order valence-corrected chi connectivity index (χ1v) is 14.4. The van der Waals surface area contributed by atoms with E-state index >= 15 is 0 Å². The summed E-state index contributed by atoms with van der Waals surface area (Å²) in [4.78, 5) is 27.8. The fourth-order valence-corrected chi connectivity index (χ4v) is 5.58. The van der Waals surface area contributed by atoms with Crippen LogP contribution in [-0.2, 0) is 26.2 Å². The van der Waals surface area contributed by atoms with Crippen LogP contribution in [-0.4, -0.2) is 50.0 Å². The number of carbonyl (C=O) groups excluding carboxylic acids is 2. The van der Waals surface area contributed by atoms with Gasteiger partial charge < -0.3 is 10.2 Å². The van der Waals surface area contributed by atoms with E-state index in [2.05, 4.69) is 5.32 Å². The summed E-state index contributed by atoms with van der Waals surface area (Å²) in [5.74, 6) is -1.20. The average Bonchev–Trinajstić information content (AvgIpc) is 3.33. The number of hydrogen-bond donors (Lipinski definition) is 1. The van der Waals surface area contributed by atoms with Crippen LogP contribution in [0.1, 0.15) is 51.0 Å². The van der Waals surface area contributed by atoms with Gasteiger partial charge in [-0.3, -0.25) is 13.9 Å². The molecule has 10 heteroatoms. The van der Waals surface area contributed by atoms with Gasteiger partial charge in [0.1, 0.15) is 11.9 Å². The van der Waals surface area contributed by atoms with Crippen LogP contribution in [0.25, 0.3) is 0 Å². The minimum atomic E-state index is -3.77. The van der Waals surface area contributed by atoms with Crippen LogP contribution >= 0.6 is 11.6 Å². The number of nitrogens with zero attached hydrogens (tertiary/aromatic N) is 2. The maximum atomic E-state index is 14.3. The summed E-state index contributed by atoms with van der Waals surface area (Å²) in [5.41, 5.74) is 0.641. The second kappa shape index (κ2) is 12.5. The van der Waals surface area contributed by atoms with Gasteiger partial charge >= 0.3 is 0 Å². The van der Waals surface area contributed by atoms with Gasteiger partial charge in [-0.05, 0) is 49.9 Å². The van der Waals surface area contributed by atoms with Gasteiger partial charge in [-0.2, -0.15) is 0 Å². The lowest BCUT2D eigenvalue weighted by molar-refractivity contribution is -0.140. The van der Waals surface area contributed by atoms with Gasteiger partial charge in [0.2, 0.25) is 21.8 Å². The van der Waals surface area contributed by atoms with E-state index in [1.807, 2.05) is 6.07 Å². The van der Waals surface area contributed by atoms with Crippen molar-refractivity contribution in [3.05, 3.63) is 64.9 Å². The number of nitrogens with one attached hydrogen (secondary N) is 1. The molecule has 196 valence electrons. The molecular weight excluding hydrogens is 505 g/mol. The molecule has 1 atom stereocenters. The first kappa shape index (κ1) is 27.9. The van der Waals surface area contributed by atoms with Crippen LogP contribution < -0.4 is 9.62 Å². The molecule has 0 spiro atoms. The summed E-state index contributed by atoms with van der Waals surface area (Å²) in [6, 6.07) is 12.1. The first-order valence-electron chi connectivity index (χ1n) is 12.1. The van der Waals surface area contributed by atoms with E-state index in [0.717, 1.165) is 36.2 Å². The molecular formula is C26H33ClFN3O4S. The topological polar surface area (TPSA) is 86.8 Å². The van der Waals surface area contributed by atoms with Gasteiger partial charge in [0, 0.05) is 30.6 Å². The molecule has 2 aromatic carbocycles. The van der Waals surface area contributed by atoms with Crippen LogP contribution in [0.2, 0.25) is 5.02 Å². The van der Waals surface area contributed by atoms with Gasteiger partial charge in [0.05, 0.1) is 11.9 Å². The predicted octanol–water partition coefficient (Wildman–Crippen LogP) is 4.50. The van der Waals surface area contributed by atoms with E-state index in [1.165, 1.54) is 23.1 Å². The third-order valence-corrected chi connectivity index (χ3v) is 7.99. The van der Waals surface area contributed by atoms with E-state index in [0.29, 0.717) is 10.6 Å². The number of halogens is 2. The van der Waals surface area contributed by atoms with Crippen LogP contribution in [0.5, 0.6) is 0 Å². The van der Waals surface area contributed by atoms with Crippen molar-refractivity contribution >= 4 is 39.1 Å². The molecule has 7 nitrogen and oxygen atoms in total. The summed E-state index contributed by atoms with van der Waals surface area (Å²) in [6.07, 6.45) is 5.12. The number of amides is 2. The number of para-hydroxylation sites is 1. The summed E-state index contributed by atoms with van der Waals surface area (Å²) in [6.45, 7) is 1.75. The highest BCUT2D eigenvalue weighted by molar-refractivity contribution is 7.92. The van der Waals surface area contributed by atoms with Gasteiger partial charge in [0.15, 0.2) is 0 Å². The summed E-state index contributed by atoms with van der Waals surface area (Å²) in [7, 11) is -3.77.